The lowest BCUT2D eigenvalue weighted by Gasteiger charge is -2.22. The van der Waals surface area contributed by atoms with Gasteiger partial charge in [0.15, 0.2) is 0 Å². The molecule has 0 N–H and O–H groups in total. The van der Waals surface area contributed by atoms with E-state index >= 15 is 0 Å². The first-order valence-corrected chi connectivity index (χ1v) is 9.24. The maximum absolute atomic E-state index is 13.4. The molecule has 0 spiro atoms. The Labute approximate surface area is 155 Å². The van der Waals surface area contributed by atoms with Gasteiger partial charge in [-0.15, -0.1) is 0 Å². The van der Waals surface area contributed by atoms with Crippen LogP contribution in [-0.4, -0.2) is 23.6 Å². The van der Waals surface area contributed by atoms with Gasteiger partial charge in [0.05, 0.1) is 6.61 Å². The number of fused-ring (bicyclic) bond motifs is 1. The molecule has 4 heteroatoms. The van der Waals surface area contributed by atoms with Crippen molar-refractivity contribution in [2.75, 3.05) is 18.1 Å². The second-order valence-corrected chi connectivity index (χ2v) is 6.21. The fourth-order valence-corrected chi connectivity index (χ4v) is 3.54. The van der Waals surface area contributed by atoms with Gasteiger partial charge in [-0.05, 0) is 63.6 Å². The van der Waals surface area contributed by atoms with Crippen molar-refractivity contribution in [1.29, 1.82) is 0 Å². The Kier molecular flexibility index (Phi) is 5.31. The zero-order valence-corrected chi connectivity index (χ0v) is 16.0. The third-order valence-corrected chi connectivity index (χ3v) is 4.75. The summed E-state index contributed by atoms with van der Waals surface area (Å²) in [5.74, 6) is 0.873. The summed E-state index contributed by atoms with van der Waals surface area (Å²) in [5.41, 5.74) is 3.74. The number of nitrogens with zero attached hydrogens (tertiary/aromatic N) is 2. The van der Waals surface area contributed by atoms with Crippen molar-refractivity contribution >= 4 is 22.5 Å². The van der Waals surface area contributed by atoms with Crippen molar-refractivity contribution in [2.45, 2.75) is 34.2 Å². The minimum atomic E-state index is 0.0345. The number of carbonyl (C=O) groups excluding carboxylic acids is 1. The van der Waals surface area contributed by atoms with Gasteiger partial charge in [-0.2, -0.15) is 0 Å². The van der Waals surface area contributed by atoms with E-state index in [-0.39, 0.29) is 5.91 Å². The predicted octanol–water partition coefficient (Wildman–Crippen LogP) is 5.04. The average Bonchev–Trinajstić information content (AvgIpc) is 2.95. The summed E-state index contributed by atoms with van der Waals surface area (Å²) in [6, 6.07) is 15.9. The molecule has 0 unspecified atom stereocenters. The molecule has 0 fully saturated rings. The van der Waals surface area contributed by atoms with Gasteiger partial charge < -0.3 is 14.2 Å². The van der Waals surface area contributed by atoms with Gasteiger partial charge in [0.1, 0.15) is 11.4 Å². The Hall–Kier alpha value is -2.75. The molecule has 1 amide bonds. The van der Waals surface area contributed by atoms with Gasteiger partial charge in [0.25, 0.3) is 5.91 Å². The van der Waals surface area contributed by atoms with Crippen molar-refractivity contribution in [2.24, 2.45) is 0 Å². The van der Waals surface area contributed by atoms with Crippen LogP contribution in [0.4, 0.5) is 5.69 Å². The molecule has 4 nitrogen and oxygen atoms in total. The van der Waals surface area contributed by atoms with Crippen molar-refractivity contribution in [3.8, 4) is 5.75 Å². The average molecular weight is 350 g/mol. The Morgan fingerprint density at radius 2 is 1.81 bits per heavy atom. The zero-order chi connectivity index (χ0) is 18.7. The van der Waals surface area contributed by atoms with Crippen LogP contribution in [0.2, 0.25) is 0 Å². The van der Waals surface area contributed by atoms with Crippen LogP contribution in [-0.2, 0) is 6.54 Å². The molecule has 3 rings (SSSR count). The number of benzene rings is 2. The van der Waals surface area contributed by atoms with E-state index in [0.717, 1.165) is 40.1 Å². The summed E-state index contributed by atoms with van der Waals surface area (Å²) in [4.78, 5) is 15.3. The number of aryl methyl sites for hydroxylation is 2. The molecule has 0 bridgehead atoms. The number of rotatable bonds is 6. The fraction of sp³-hybridized carbons (Fsp3) is 0.318. The van der Waals surface area contributed by atoms with Crippen LogP contribution in [0.25, 0.3) is 10.9 Å². The lowest BCUT2D eigenvalue weighted by atomic mass is 10.1. The van der Waals surface area contributed by atoms with E-state index in [9.17, 15) is 4.79 Å². The van der Waals surface area contributed by atoms with E-state index in [4.69, 9.17) is 4.74 Å². The fourth-order valence-electron chi connectivity index (χ4n) is 3.54. The SMILES string of the molecule is CCOc1ccc2c(c1)c(C)c(C(=O)N(CC)c1ccccc1)n2CC. The first kappa shape index (κ1) is 18.1. The first-order chi connectivity index (χ1) is 12.6. The van der Waals surface area contributed by atoms with Gasteiger partial charge in [-0.1, -0.05) is 18.2 Å². The number of amides is 1. The molecule has 0 aliphatic carbocycles. The lowest BCUT2D eigenvalue weighted by molar-refractivity contribution is 0.0979. The van der Waals surface area contributed by atoms with E-state index in [0.29, 0.717) is 13.2 Å². The number of para-hydroxylation sites is 1. The molecule has 1 heterocycles. The van der Waals surface area contributed by atoms with Crippen LogP contribution in [0, 0.1) is 6.92 Å². The monoisotopic (exact) mass is 350 g/mol. The van der Waals surface area contributed by atoms with Crippen LogP contribution < -0.4 is 9.64 Å². The molecule has 0 aliphatic rings. The molecular formula is C22H26N2O2. The summed E-state index contributed by atoms with van der Waals surface area (Å²) in [5, 5.41) is 1.07. The van der Waals surface area contributed by atoms with E-state index in [1.54, 1.807) is 0 Å². The normalized spacial score (nSPS) is 10.9. The number of ether oxygens (including phenoxy) is 1. The zero-order valence-electron chi connectivity index (χ0n) is 16.0. The smallest absolute Gasteiger partial charge is 0.275 e. The van der Waals surface area contributed by atoms with Crippen LogP contribution in [0.1, 0.15) is 36.8 Å². The van der Waals surface area contributed by atoms with Crippen molar-refractivity contribution in [1.82, 2.24) is 4.57 Å². The van der Waals surface area contributed by atoms with Crippen molar-refractivity contribution in [3.63, 3.8) is 0 Å². The molecule has 2 aromatic carbocycles. The second kappa shape index (κ2) is 7.65. The van der Waals surface area contributed by atoms with E-state index in [2.05, 4.69) is 11.5 Å². The molecule has 0 saturated heterocycles. The molecule has 3 aromatic rings. The van der Waals surface area contributed by atoms with Gasteiger partial charge >= 0.3 is 0 Å². The molecule has 136 valence electrons. The van der Waals surface area contributed by atoms with Crippen molar-refractivity contribution < 1.29 is 9.53 Å². The molecule has 0 saturated carbocycles. The number of aromatic nitrogens is 1. The lowest BCUT2D eigenvalue weighted by Crippen LogP contribution is -2.32. The maximum atomic E-state index is 13.4. The van der Waals surface area contributed by atoms with E-state index in [1.165, 1.54) is 0 Å². The van der Waals surface area contributed by atoms with Crippen LogP contribution >= 0.6 is 0 Å². The topological polar surface area (TPSA) is 34.5 Å². The van der Waals surface area contributed by atoms with Crippen LogP contribution in [0.15, 0.2) is 48.5 Å². The summed E-state index contributed by atoms with van der Waals surface area (Å²) >= 11 is 0. The number of carbonyl (C=O) groups is 1. The van der Waals surface area contributed by atoms with Crippen LogP contribution in [0.5, 0.6) is 5.75 Å². The Balaban J connectivity index is 2.14. The Morgan fingerprint density at radius 1 is 1.08 bits per heavy atom. The molecular weight excluding hydrogens is 324 g/mol. The first-order valence-electron chi connectivity index (χ1n) is 9.24. The Bertz CT molecular complexity index is 913. The maximum Gasteiger partial charge on any atom is 0.275 e. The minimum Gasteiger partial charge on any atom is -0.494 e. The molecule has 0 radical (unpaired) electrons. The van der Waals surface area contributed by atoms with Gasteiger partial charge in [0, 0.05) is 29.7 Å². The quantitative estimate of drug-likeness (QED) is 0.624. The largest absolute Gasteiger partial charge is 0.494 e. The Morgan fingerprint density at radius 3 is 2.42 bits per heavy atom. The summed E-state index contributed by atoms with van der Waals surface area (Å²) in [7, 11) is 0. The highest BCUT2D eigenvalue weighted by atomic mass is 16.5. The van der Waals surface area contributed by atoms with Gasteiger partial charge in [-0.25, -0.2) is 0 Å². The van der Waals surface area contributed by atoms with Crippen LogP contribution in [0.3, 0.4) is 0 Å². The highest BCUT2D eigenvalue weighted by molar-refractivity contribution is 6.09. The summed E-state index contributed by atoms with van der Waals surface area (Å²) in [6.07, 6.45) is 0. The standard InChI is InChI=1S/C22H26N2O2/c1-5-23(17-11-9-8-10-12-17)22(25)21-16(4)19-15-18(26-7-3)13-14-20(19)24(21)6-2/h8-15H,5-7H2,1-4H3. The number of anilines is 1. The van der Waals surface area contributed by atoms with Gasteiger partial charge in [-0.3, -0.25) is 4.79 Å². The highest BCUT2D eigenvalue weighted by Crippen LogP contribution is 2.31. The second-order valence-electron chi connectivity index (χ2n) is 6.21. The predicted molar refractivity (Wildman–Crippen MR) is 107 cm³/mol. The molecule has 1 aromatic heterocycles. The van der Waals surface area contributed by atoms with E-state index < -0.39 is 0 Å². The summed E-state index contributed by atoms with van der Waals surface area (Å²) < 4.78 is 7.75. The van der Waals surface area contributed by atoms with E-state index in [1.807, 2.05) is 74.2 Å². The third kappa shape index (κ3) is 3.07. The molecule has 26 heavy (non-hydrogen) atoms. The molecule has 0 atom stereocenters. The summed E-state index contributed by atoms with van der Waals surface area (Å²) in [6.45, 7) is 10.1. The third-order valence-electron chi connectivity index (χ3n) is 4.75. The number of hydrogen-bond donors (Lipinski definition) is 0. The van der Waals surface area contributed by atoms with Crippen molar-refractivity contribution in [3.05, 3.63) is 59.8 Å². The highest BCUT2D eigenvalue weighted by Gasteiger charge is 2.24. The minimum absolute atomic E-state index is 0.0345. The number of hydrogen-bond acceptors (Lipinski definition) is 2. The van der Waals surface area contributed by atoms with Gasteiger partial charge in [0.2, 0.25) is 0 Å². The molecule has 0 aliphatic heterocycles.